The number of methoxy groups -OCH3 is 1. The van der Waals surface area contributed by atoms with Crippen LogP contribution in [0.15, 0.2) is 18.2 Å². The van der Waals surface area contributed by atoms with Gasteiger partial charge in [0.15, 0.2) is 17.4 Å². The third-order valence-electron chi connectivity index (χ3n) is 3.46. The number of rotatable bonds is 2. The molecule has 1 aliphatic heterocycles. The van der Waals surface area contributed by atoms with Crippen LogP contribution in [0.25, 0.3) is 10.8 Å². The molecule has 1 aliphatic rings. The Labute approximate surface area is 125 Å². The number of hydrogen-bond acceptors (Lipinski definition) is 4. The number of halogens is 2. The van der Waals surface area contributed by atoms with Crippen molar-refractivity contribution in [3.63, 3.8) is 0 Å². The summed E-state index contributed by atoms with van der Waals surface area (Å²) in [5.41, 5.74) is -0.579. The first-order valence-electron chi connectivity index (χ1n) is 6.32. The van der Waals surface area contributed by atoms with Crippen molar-refractivity contribution in [1.29, 1.82) is 0 Å². The van der Waals surface area contributed by atoms with E-state index < -0.39 is 38.7 Å². The summed E-state index contributed by atoms with van der Waals surface area (Å²) in [7, 11) is -2.72. The Bertz CT molecular complexity index is 870. The number of benzene rings is 2. The maximum Gasteiger partial charge on any atom is 0.301 e. The molecule has 0 bridgehead atoms. The van der Waals surface area contributed by atoms with Gasteiger partial charge in [-0.3, -0.25) is 0 Å². The Morgan fingerprint density at radius 2 is 2.05 bits per heavy atom. The first-order chi connectivity index (χ1) is 10.4. The average molecular weight is 330 g/mol. The number of phenols is 1. The molecule has 6 nitrogen and oxygen atoms in total. The van der Waals surface area contributed by atoms with Gasteiger partial charge in [-0.2, -0.15) is 13.1 Å². The molecule has 0 atom stereocenters. The van der Waals surface area contributed by atoms with Gasteiger partial charge in [-0.05, 0) is 17.5 Å². The molecule has 0 aromatic heterocycles. The fourth-order valence-electron chi connectivity index (χ4n) is 2.46. The van der Waals surface area contributed by atoms with Gasteiger partial charge in [-0.25, -0.2) is 13.1 Å². The molecule has 0 spiro atoms. The number of phenolic OH excluding ortho intramolecular Hbond substituents is 1. The van der Waals surface area contributed by atoms with E-state index in [1.54, 1.807) is 0 Å². The molecule has 118 valence electrons. The molecule has 9 heteroatoms. The summed E-state index contributed by atoms with van der Waals surface area (Å²) in [6, 6.07) is 3.79. The predicted molar refractivity (Wildman–Crippen MR) is 76.3 cm³/mol. The lowest BCUT2D eigenvalue weighted by Crippen LogP contribution is -2.30. The minimum Gasteiger partial charge on any atom is -0.506 e. The number of nitrogens with zero attached hydrogens (tertiary/aromatic N) is 1. The van der Waals surface area contributed by atoms with Gasteiger partial charge in [-0.15, -0.1) is 0 Å². The van der Waals surface area contributed by atoms with Gasteiger partial charge in [0, 0.05) is 13.1 Å². The third kappa shape index (κ3) is 2.04. The second-order valence-corrected chi connectivity index (χ2v) is 6.39. The molecule has 1 heterocycles. The van der Waals surface area contributed by atoms with Crippen molar-refractivity contribution in [3.8, 4) is 11.5 Å². The summed E-state index contributed by atoms with van der Waals surface area (Å²) in [5.74, 6) is -2.87. The van der Waals surface area contributed by atoms with E-state index in [1.807, 2.05) is 0 Å². The molecular formula is C13H12F2N2O4S. The lowest BCUT2D eigenvalue weighted by Gasteiger charge is -2.19. The van der Waals surface area contributed by atoms with E-state index in [-0.39, 0.29) is 24.2 Å². The van der Waals surface area contributed by atoms with Crippen LogP contribution in [0, 0.1) is 11.6 Å². The standard InChI is InChI=1S/C13H12F2N2O4S/c1-21-9-3-2-7-6-8(18)13(12(15)10(7)11(9)14)17-5-4-16-22(17,19)20/h2-3,6,16,18H,4-5H2,1H3. The zero-order valence-electron chi connectivity index (χ0n) is 11.4. The zero-order valence-corrected chi connectivity index (χ0v) is 12.2. The van der Waals surface area contributed by atoms with Crippen LogP contribution in [-0.2, 0) is 10.2 Å². The quantitative estimate of drug-likeness (QED) is 0.874. The van der Waals surface area contributed by atoms with Crippen molar-refractivity contribution < 1.29 is 27.0 Å². The van der Waals surface area contributed by atoms with Gasteiger partial charge in [0.05, 0.1) is 12.5 Å². The van der Waals surface area contributed by atoms with Crippen molar-refractivity contribution in [2.75, 3.05) is 24.5 Å². The smallest absolute Gasteiger partial charge is 0.301 e. The SMILES string of the molecule is COc1ccc2cc(O)c(N3CCNS3(=O)=O)c(F)c2c1F. The Kier molecular flexibility index (Phi) is 3.33. The molecule has 3 rings (SSSR count). The summed E-state index contributed by atoms with van der Waals surface area (Å²) >= 11 is 0. The summed E-state index contributed by atoms with van der Waals surface area (Å²) in [6.45, 7) is 0.00372. The Morgan fingerprint density at radius 3 is 2.64 bits per heavy atom. The highest BCUT2D eigenvalue weighted by atomic mass is 32.2. The second-order valence-electron chi connectivity index (χ2n) is 4.71. The van der Waals surface area contributed by atoms with Crippen molar-refractivity contribution in [2.45, 2.75) is 0 Å². The van der Waals surface area contributed by atoms with Crippen LogP contribution < -0.4 is 13.8 Å². The van der Waals surface area contributed by atoms with E-state index in [1.165, 1.54) is 19.2 Å². The van der Waals surface area contributed by atoms with Crippen LogP contribution in [0.4, 0.5) is 14.5 Å². The van der Waals surface area contributed by atoms with E-state index in [9.17, 15) is 22.3 Å². The van der Waals surface area contributed by atoms with Crippen LogP contribution in [-0.4, -0.2) is 33.7 Å². The average Bonchev–Trinajstić information content (AvgIpc) is 2.78. The Hall–Kier alpha value is -2.13. The van der Waals surface area contributed by atoms with Crippen molar-refractivity contribution in [3.05, 3.63) is 29.8 Å². The number of nitrogens with one attached hydrogen (secondary N) is 1. The van der Waals surface area contributed by atoms with Gasteiger partial charge in [0.2, 0.25) is 0 Å². The van der Waals surface area contributed by atoms with Crippen molar-refractivity contribution in [2.24, 2.45) is 0 Å². The lowest BCUT2D eigenvalue weighted by molar-refractivity contribution is 0.388. The Balaban J connectivity index is 2.34. The minimum atomic E-state index is -3.95. The molecule has 0 aliphatic carbocycles. The van der Waals surface area contributed by atoms with E-state index >= 15 is 0 Å². The number of hydrogen-bond donors (Lipinski definition) is 2. The highest BCUT2D eigenvalue weighted by Gasteiger charge is 2.33. The number of aromatic hydroxyl groups is 1. The van der Waals surface area contributed by atoms with Gasteiger partial charge in [-0.1, -0.05) is 6.07 Å². The molecule has 2 aromatic rings. The van der Waals surface area contributed by atoms with Crippen molar-refractivity contribution >= 4 is 26.7 Å². The molecular weight excluding hydrogens is 318 g/mol. The molecule has 22 heavy (non-hydrogen) atoms. The number of ether oxygens (including phenoxy) is 1. The minimum absolute atomic E-state index is 0.0656. The van der Waals surface area contributed by atoms with Crippen LogP contribution in [0.2, 0.25) is 0 Å². The number of fused-ring (bicyclic) bond motifs is 1. The fraction of sp³-hybridized carbons (Fsp3) is 0.231. The number of anilines is 1. The molecule has 2 N–H and O–H groups in total. The van der Waals surface area contributed by atoms with Crippen LogP contribution in [0.5, 0.6) is 11.5 Å². The highest BCUT2D eigenvalue weighted by Crippen LogP contribution is 2.40. The van der Waals surface area contributed by atoms with Crippen LogP contribution >= 0.6 is 0 Å². The van der Waals surface area contributed by atoms with Crippen LogP contribution in [0.3, 0.4) is 0 Å². The summed E-state index contributed by atoms with van der Waals surface area (Å²) in [6.07, 6.45) is 0. The normalized spacial score (nSPS) is 17.1. The first kappa shape index (κ1) is 14.8. The molecule has 2 aromatic carbocycles. The third-order valence-corrected chi connectivity index (χ3v) is 4.97. The molecule has 1 fully saturated rings. The zero-order chi connectivity index (χ0) is 16.1. The van der Waals surface area contributed by atoms with E-state index in [0.29, 0.717) is 4.31 Å². The largest absolute Gasteiger partial charge is 0.506 e. The molecule has 0 unspecified atom stereocenters. The molecule has 0 saturated carbocycles. The molecule has 1 saturated heterocycles. The van der Waals surface area contributed by atoms with E-state index in [2.05, 4.69) is 4.72 Å². The second kappa shape index (κ2) is 4.96. The van der Waals surface area contributed by atoms with E-state index in [0.717, 1.165) is 6.07 Å². The van der Waals surface area contributed by atoms with Gasteiger partial charge in [0.25, 0.3) is 0 Å². The fourth-order valence-corrected chi connectivity index (χ4v) is 3.71. The van der Waals surface area contributed by atoms with Gasteiger partial charge in [0.1, 0.15) is 11.4 Å². The van der Waals surface area contributed by atoms with Crippen LogP contribution in [0.1, 0.15) is 0 Å². The topological polar surface area (TPSA) is 78.9 Å². The predicted octanol–water partition coefficient (Wildman–Crippen LogP) is 1.49. The molecule has 0 amide bonds. The van der Waals surface area contributed by atoms with Gasteiger partial charge < -0.3 is 9.84 Å². The summed E-state index contributed by atoms with van der Waals surface area (Å²) < 4.78 is 60.3. The lowest BCUT2D eigenvalue weighted by atomic mass is 10.1. The highest BCUT2D eigenvalue weighted by molar-refractivity contribution is 7.91. The Morgan fingerprint density at radius 1 is 1.32 bits per heavy atom. The van der Waals surface area contributed by atoms with Crippen molar-refractivity contribution in [1.82, 2.24) is 4.72 Å². The van der Waals surface area contributed by atoms with Gasteiger partial charge >= 0.3 is 10.2 Å². The van der Waals surface area contributed by atoms with E-state index in [4.69, 9.17) is 4.74 Å². The maximum absolute atomic E-state index is 14.7. The monoisotopic (exact) mass is 330 g/mol. The summed E-state index contributed by atoms with van der Waals surface area (Å²) in [4.78, 5) is 0. The molecule has 0 radical (unpaired) electrons. The maximum atomic E-state index is 14.7. The summed E-state index contributed by atoms with van der Waals surface area (Å²) in [5, 5.41) is 9.63. The first-order valence-corrected chi connectivity index (χ1v) is 7.76.